The maximum Gasteiger partial charge on any atom is 0.209 e. The minimum atomic E-state index is -3.21. The van der Waals surface area contributed by atoms with Crippen LogP contribution < -0.4 is 14.4 Å². The number of aryl methyl sites for hydroxylation is 1. The Kier molecular flexibility index (Phi) is 6.92. The fraction of sp³-hybridized carbons (Fsp3) is 0.455. The van der Waals surface area contributed by atoms with Crippen LogP contribution in [0.3, 0.4) is 0 Å². The molecule has 9 nitrogen and oxygen atoms in total. The smallest absolute Gasteiger partial charge is 0.209 e. The standard InChI is InChI=1S/C22H30N6O3S/c1-31-21-15-23-16-25-22(21)28-10-8-27(9-11-28)7-3-4-18-14-24-20-6-5-17(12-19(18)20)13-26-32(2,29)30/h5-6,12,14-16,24,26H,3-4,7-11,13H2,1-2H3. The average Bonchev–Trinajstić information content (AvgIpc) is 3.20. The molecular weight excluding hydrogens is 428 g/mol. The number of piperazine rings is 1. The molecule has 1 fully saturated rings. The largest absolute Gasteiger partial charge is 0.491 e. The van der Waals surface area contributed by atoms with Crippen molar-refractivity contribution in [2.45, 2.75) is 19.4 Å². The van der Waals surface area contributed by atoms with Crippen molar-refractivity contribution in [1.29, 1.82) is 0 Å². The lowest BCUT2D eigenvalue weighted by molar-refractivity contribution is 0.253. The van der Waals surface area contributed by atoms with Gasteiger partial charge in [0.2, 0.25) is 10.0 Å². The van der Waals surface area contributed by atoms with Crippen LogP contribution in [-0.2, 0) is 23.0 Å². The van der Waals surface area contributed by atoms with Crippen LogP contribution in [-0.4, -0.2) is 74.4 Å². The first-order valence-corrected chi connectivity index (χ1v) is 12.7. The summed E-state index contributed by atoms with van der Waals surface area (Å²) in [7, 11) is -1.56. The molecule has 2 aromatic heterocycles. The van der Waals surface area contributed by atoms with Gasteiger partial charge < -0.3 is 14.6 Å². The van der Waals surface area contributed by atoms with Crippen molar-refractivity contribution in [2.24, 2.45) is 0 Å². The van der Waals surface area contributed by atoms with Gasteiger partial charge in [-0.05, 0) is 42.6 Å². The molecule has 3 aromatic rings. The zero-order chi connectivity index (χ0) is 22.6. The molecule has 2 N–H and O–H groups in total. The summed E-state index contributed by atoms with van der Waals surface area (Å²) in [4.78, 5) is 16.5. The van der Waals surface area contributed by atoms with Gasteiger partial charge in [-0.2, -0.15) is 0 Å². The third kappa shape index (κ3) is 5.56. The van der Waals surface area contributed by atoms with E-state index in [1.165, 1.54) is 17.2 Å². The summed E-state index contributed by atoms with van der Waals surface area (Å²) in [6, 6.07) is 6.04. The Balaban J connectivity index is 1.29. The normalized spacial score (nSPS) is 15.4. The first kappa shape index (κ1) is 22.5. The molecule has 1 aliphatic rings. The average molecular weight is 459 g/mol. The number of sulfonamides is 1. The number of anilines is 1. The maximum absolute atomic E-state index is 11.4. The number of benzene rings is 1. The molecule has 0 radical (unpaired) electrons. The molecule has 1 aromatic carbocycles. The molecular formula is C22H30N6O3S. The van der Waals surface area contributed by atoms with Crippen molar-refractivity contribution < 1.29 is 13.2 Å². The van der Waals surface area contributed by atoms with Gasteiger partial charge in [0.05, 0.1) is 19.6 Å². The topological polar surface area (TPSA) is 103 Å². The summed E-state index contributed by atoms with van der Waals surface area (Å²) in [6.45, 7) is 5.15. The number of aromatic nitrogens is 3. The predicted molar refractivity (Wildman–Crippen MR) is 126 cm³/mol. The highest BCUT2D eigenvalue weighted by atomic mass is 32.2. The zero-order valence-corrected chi connectivity index (χ0v) is 19.4. The van der Waals surface area contributed by atoms with E-state index in [-0.39, 0.29) is 0 Å². The highest BCUT2D eigenvalue weighted by molar-refractivity contribution is 7.88. The molecule has 0 amide bonds. The van der Waals surface area contributed by atoms with Gasteiger partial charge in [0.1, 0.15) is 6.33 Å². The van der Waals surface area contributed by atoms with Gasteiger partial charge in [-0.25, -0.2) is 23.1 Å². The molecule has 1 aliphatic heterocycles. The molecule has 0 saturated carbocycles. The Morgan fingerprint density at radius 1 is 1.22 bits per heavy atom. The van der Waals surface area contributed by atoms with E-state index in [0.29, 0.717) is 12.3 Å². The quantitative estimate of drug-likeness (QED) is 0.504. The second kappa shape index (κ2) is 9.85. The summed E-state index contributed by atoms with van der Waals surface area (Å²) in [5, 5.41) is 1.17. The van der Waals surface area contributed by atoms with Crippen molar-refractivity contribution >= 4 is 26.7 Å². The molecule has 0 atom stereocenters. The second-order valence-electron chi connectivity index (χ2n) is 8.13. The Morgan fingerprint density at radius 2 is 2.03 bits per heavy atom. The Morgan fingerprint density at radius 3 is 2.78 bits per heavy atom. The van der Waals surface area contributed by atoms with Crippen LogP contribution in [0.4, 0.5) is 5.82 Å². The number of ether oxygens (including phenoxy) is 1. The van der Waals surface area contributed by atoms with Gasteiger partial charge in [-0.1, -0.05) is 6.07 Å². The van der Waals surface area contributed by atoms with Gasteiger partial charge in [-0.15, -0.1) is 0 Å². The SMILES string of the molecule is COc1cncnc1N1CCN(CCCc2c[nH]c3ccc(CNS(C)(=O)=O)cc23)CC1. The van der Waals surface area contributed by atoms with Gasteiger partial charge in [0.25, 0.3) is 0 Å². The zero-order valence-electron chi connectivity index (χ0n) is 18.5. The van der Waals surface area contributed by atoms with E-state index in [9.17, 15) is 8.42 Å². The lowest BCUT2D eigenvalue weighted by Gasteiger charge is -2.35. The summed E-state index contributed by atoms with van der Waals surface area (Å²) in [5.41, 5.74) is 3.31. The van der Waals surface area contributed by atoms with E-state index < -0.39 is 10.0 Å². The number of nitrogens with one attached hydrogen (secondary N) is 2. The van der Waals surface area contributed by atoms with E-state index >= 15 is 0 Å². The number of fused-ring (bicyclic) bond motifs is 1. The molecule has 0 bridgehead atoms. The Hall–Kier alpha value is -2.69. The molecule has 172 valence electrons. The fourth-order valence-electron chi connectivity index (χ4n) is 4.13. The van der Waals surface area contributed by atoms with Gasteiger partial charge in [-0.3, -0.25) is 4.90 Å². The van der Waals surface area contributed by atoms with Gasteiger partial charge in [0.15, 0.2) is 11.6 Å². The summed E-state index contributed by atoms with van der Waals surface area (Å²) in [6.07, 6.45) is 8.56. The van der Waals surface area contributed by atoms with Crippen LogP contribution in [0, 0.1) is 0 Å². The summed E-state index contributed by atoms with van der Waals surface area (Å²) < 4.78 is 30.7. The molecule has 0 spiro atoms. The third-order valence-electron chi connectivity index (χ3n) is 5.84. The van der Waals surface area contributed by atoms with Gasteiger partial charge in [0, 0.05) is 49.8 Å². The van der Waals surface area contributed by atoms with Crippen molar-refractivity contribution in [1.82, 2.24) is 24.6 Å². The predicted octanol–water partition coefficient (Wildman–Crippen LogP) is 1.77. The monoisotopic (exact) mass is 458 g/mol. The second-order valence-corrected chi connectivity index (χ2v) is 9.97. The van der Waals surface area contributed by atoms with Crippen molar-refractivity contribution in [3.63, 3.8) is 0 Å². The molecule has 32 heavy (non-hydrogen) atoms. The minimum Gasteiger partial charge on any atom is -0.491 e. The van der Waals surface area contributed by atoms with E-state index in [4.69, 9.17) is 4.74 Å². The molecule has 1 saturated heterocycles. The first-order valence-electron chi connectivity index (χ1n) is 10.8. The molecule has 10 heteroatoms. The summed E-state index contributed by atoms with van der Waals surface area (Å²) in [5.74, 6) is 1.58. The highest BCUT2D eigenvalue weighted by Crippen LogP contribution is 2.25. The summed E-state index contributed by atoms with van der Waals surface area (Å²) >= 11 is 0. The third-order valence-corrected chi connectivity index (χ3v) is 6.51. The van der Waals surface area contributed by atoms with Crippen LogP contribution >= 0.6 is 0 Å². The van der Waals surface area contributed by atoms with Crippen LogP contribution in [0.5, 0.6) is 5.75 Å². The number of hydrogen-bond donors (Lipinski definition) is 2. The number of H-pyrrole nitrogens is 1. The molecule has 3 heterocycles. The fourth-order valence-corrected chi connectivity index (χ4v) is 4.55. The van der Waals surface area contributed by atoms with Gasteiger partial charge >= 0.3 is 0 Å². The number of nitrogens with zero attached hydrogens (tertiary/aromatic N) is 4. The molecule has 0 aliphatic carbocycles. The van der Waals surface area contributed by atoms with Crippen molar-refractivity contribution in [3.8, 4) is 5.75 Å². The number of hydrogen-bond acceptors (Lipinski definition) is 7. The lowest BCUT2D eigenvalue weighted by atomic mass is 10.1. The van der Waals surface area contributed by atoms with E-state index in [0.717, 1.165) is 62.5 Å². The minimum absolute atomic E-state index is 0.306. The van der Waals surface area contributed by atoms with Crippen molar-refractivity contribution in [2.75, 3.05) is 51.0 Å². The Labute approximate surface area is 188 Å². The highest BCUT2D eigenvalue weighted by Gasteiger charge is 2.20. The van der Waals surface area contributed by atoms with E-state index in [2.05, 4.69) is 41.7 Å². The van der Waals surface area contributed by atoms with Crippen LogP contribution in [0.25, 0.3) is 10.9 Å². The van der Waals surface area contributed by atoms with E-state index in [1.807, 2.05) is 12.1 Å². The van der Waals surface area contributed by atoms with E-state index in [1.54, 1.807) is 19.6 Å². The lowest BCUT2D eigenvalue weighted by Crippen LogP contribution is -2.47. The van der Waals surface area contributed by atoms with Crippen LogP contribution in [0.15, 0.2) is 36.9 Å². The molecule has 0 unspecified atom stereocenters. The number of rotatable bonds is 9. The van der Waals surface area contributed by atoms with Crippen LogP contribution in [0.1, 0.15) is 17.5 Å². The van der Waals surface area contributed by atoms with Crippen LogP contribution in [0.2, 0.25) is 0 Å². The maximum atomic E-state index is 11.4. The van der Waals surface area contributed by atoms with Crippen molar-refractivity contribution in [3.05, 3.63) is 48.0 Å². The number of aromatic amines is 1. The Bertz CT molecular complexity index is 1160. The first-order chi connectivity index (χ1) is 15.4. The number of methoxy groups -OCH3 is 1. The molecule has 4 rings (SSSR count).